The van der Waals surface area contributed by atoms with Crippen molar-refractivity contribution in [3.05, 3.63) is 0 Å². The number of hydrogen-bond donors (Lipinski definition) is 1. The van der Waals surface area contributed by atoms with Crippen LogP contribution < -0.4 is 5.32 Å². The van der Waals surface area contributed by atoms with Gasteiger partial charge in [0.15, 0.2) is 0 Å². The maximum atomic E-state index is 3.49. The lowest BCUT2D eigenvalue weighted by atomic mass is 10.1. The topological polar surface area (TPSA) is 15.3 Å². The molecule has 1 N–H and O–H groups in total. The lowest BCUT2D eigenvalue weighted by Gasteiger charge is -2.29. The zero-order valence-electron chi connectivity index (χ0n) is 9.47. The van der Waals surface area contributed by atoms with Crippen LogP contribution in [-0.2, 0) is 0 Å². The monoisotopic (exact) mass is 196 g/mol. The van der Waals surface area contributed by atoms with E-state index in [1.54, 1.807) is 0 Å². The Morgan fingerprint density at radius 2 is 1.93 bits per heavy atom. The molecule has 1 heterocycles. The van der Waals surface area contributed by atoms with E-state index in [4.69, 9.17) is 0 Å². The minimum Gasteiger partial charge on any atom is -0.315 e. The van der Waals surface area contributed by atoms with E-state index >= 15 is 0 Å². The Bertz CT molecular complexity index is 164. The van der Waals surface area contributed by atoms with Crippen LogP contribution in [0, 0.1) is 5.92 Å². The van der Waals surface area contributed by atoms with Crippen LogP contribution in [0.3, 0.4) is 0 Å². The van der Waals surface area contributed by atoms with Crippen molar-refractivity contribution >= 4 is 0 Å². The number of nitrogens with one attached hydrogen (secondary N) is 1. The summed E-state index contributed by atoms with van der Waals surface area (Å²) in [6.07, 6.45) is 7.25. The molecule has 0 aromatic heterocycles. The van der Waals surface area contributed by atoms with Gasteiger partial charge in [0.2, 0.25) is 0 Å². The van der Waals surface area contributed by atoms with E-state index in [1.165, 1.54) is 58.3 Å². The summed E-state index contributed by atoms with van der Waals surface area (Å²) < 4.78 is 0. The Morgan fingerprint density at radius 1 is 1.14 bits per heavy atom. The molecule has 0 amide bonds. The molecule has 1 saturated heterocycles. The van der Waals surface area contributed by atoms with Crippen LogP contribution in [0.2, 0.25) is 0 Å². The first-order valence-electron chi connectivity index (χ1n) is 6.31. The highest BCUT2D eigenvalue weighted by atomic mass is 15.2. The SMILES string of the molecule is CC1CCNCCN1CC1CCCC1. The summed E-state index contributed by atoms with van der Waals surface area (Å²) in [7, 11) is 0. The summed E-state index contributed by atoms with van der Waals surface area (Å²) in [6.45, 7) is 7.42. The van der Waals surface area contributed by atoms with Crippen LogP contribution in [0.25, 0.3) is 0 Å². The summed E-state index contributed by atoms with van der Waals surface area (Å²) in [5.41, 5.74) is 0. The Labute approximate surface area is 88.1 Å². The third-order valence-electron chi connectivity index (χ3n) is 3.91. The quantitative estimate of drug-likeness (QED) is 0.725. The van der Waals surface area contributed by atoms with Crippen LogP contribution in [0.4, 0.5) is 0 Å². The normalized spacial score (nSPS) is 31.9. The number of hydrogen-bond acceptors (Lipinski definition) is 2. The van der Waals surface area contributed by atoms with E-state index in [9.17, 15) is 0 Å². The molecule has 2 nitrogen and oxygen atoms in total. The Hall–Kier alpha value is -0.0800. The van der Waals surface area contributed by atoms with Crippen LogP contribution in [-0.4, -0.2) is 37.1 Å². The zero-order chi connectivity index (χ0) is 9.80. The van der Waals surface area contributed by atoms with E-state index in [2.05, 4.69) is 17.1 Å². The fourth-order valence-electron chi connectivity index (χ4n) is 2.86. The molecule has 1 saturated carbocycles. The standard InChI is InChI=1S/C12H24N2/c1-11-6-7-13-8-9-14(11)10-12-4-2-3-5-12/h11-13H,2-10H2,1H3. The van der Waals surface area contributed by atoms with Gasteiger partial charge in [0.25, 0.3) is 0 Å². The van der Waals surface area contributed by atoms with E-state index in [1.807, 2.05) is 0 Å². The van der Waals surface area contributed by atoms with Crippen molar-refractivity contribution in [1.82, 2.24) is 10.2 Å². The molecule has 2 aliphatic rings. The molecule has 1 aliphatic heterocycles. The molecule has 2 heteroatoms. The minimum absolute atomic E-state index is 0.797. The molecule has 2 rings (SSSR count). The van der Waals surface area contributed by atoms with Crippen molar-refractivity contribution in [3.8, 4) is 0 Å². The summed E-state index contributed by atoms with van der Waals surface area (Å²) in [6, 6.07) is 0.797. The summed E-state index contributed by atoms with van der Waals surface area (Å²) >= 11 is 0. The minimum atomic E-state index is 0.797. The van der Waals surface area contributed by atoms with Crippen LogP contribution in [0.1, 0.15) is 39.0 Å². The van der Waals surface area contributed by atoms with Gasteiger partial charge in [-0.3, -0.25) is 4.90 Å². The Morgan fingerprint density at radius 3 is 2.71 bits per heavy atom. The molecule has 1 unspecified atom stereocenters. The van der Waals surface area contributed by atoms with Gasteiger partial charge in [-0.25, -0.2) is 0 Å². The second-order valence-electron chi connectivity index (χ2n) is 5.03. The molecule has 1 aliphatic carbocycles. The van der Waals surface area contributed by atoms with Gasteiger partial charge in [-0.2, -0.15) is 0 Å². The Balaban J connectivity index is 1.81. The molecule has 1 atom stereocenters. The molecule has 0 aromatic carbocycles. The number of rotatable bonds is 2. The summed E-state index contributed by atoms with van der Waals surface area (Å²) in [5.74, 6) is 1.01. The highest BCUT2D eigenvalue weighted by Crippen LogP contribution is 2.26. The van der Waals surface area contributed by atoms with Crippen molar-refractivity contribution in [1.29, 1.82) is 0 Å². The summed E-state index contributed by atoms with van der Waals surface area (Å²) in [4.78, 5) is 2.70. The van der Waals surface area contributed by atoms with Gasteiger partial charge in [0, 0.05) is 25.7 Å². The van der Waals surface area contributed by atoms with Crippen molar-refractivity contribution in [2.45, 2.75) is 45.1 Å². The summed E-state index contributed by atoms with van der Waals surface area (Å²) in [5, 5.41) is 3.49. The average molecular weight is 196 g/mol. The first kappa shape index (κ1) is 10.4. The first-order valence-corrected chi connectivity index (χ1v) is 6.31. The fourth-order valence-corrected chi connectivity index (χ4v) is 2.86. The smallest absolute Gasteiger partial charge is 0.0110 e. The predicted octanol–water partition coefficient (Wildman–Crippen LogP) is 1.86. The molecule has 0 bridgehead atoms. The van der Waals surface area contributed by atoms with E-state index in [0.29, 0.717) is 0 Å². The number of nitrogens with zero attached hydrogens (tertiary/aromatic N) is 1. The van der Waals surface area contributed by atoms with Crippen LogP contribution >= 0.6 is 0 Å². The van der Waals surface area contributed by atoms with Crippen molar-refractivity contribution in [3.63, 3.8) is 0 Å². The Kier molecular flexibility index (Phi) is 3.82. The van der Waals surface area contributed by atoms with Gasteiger partial charge in [-0.1, -0.05) is 12.8 Å². The van der Waals surface area contributed by atoms with E-state index in [0.717, 1.165) is 12.0 Å². The van der Waals surface area contributed by atoms with Crippen molar-refractivity contribution in [2.75, 3.05) is 26.2 Å². The molecular weight excluding hydrogens is 172 g/mol. The van der Waals surface area contributed by atoms with Gasteiger partial charge >= 0.3 is 0 Å². The lowest BCUT2D eigenvalue weighted by Crippen LogP contribution is -2.37. The third-order valence-corrected chi connectivity index (χ3v) is 3.91. The molecule has 0 spiro atoms. The molecule has 0 aromatic rings. The highest BCUT2D eigenvalue weighted by Gasteiger charge is 2.22. The van der Waals surface area contributed by atoms with Crippen LogP contribution in [0.15, 0.2) is 0 Å². The maximum absolute atomic E-state index is 3.49. The van der Waals surface area contributed by atoms with E-state index < -0.39 is 0 Å². The largest absolute Gasteiger partial charge is 0.315 e. The van der Waals surface area contributed by atoms with Gasteiger partial charge in [0.05, 0.1) is 0 Å². The van der Waals surface area contributed by atoms with Gasteiger partial charge < -0.3 is 5.32 Å². The molecule has 82 valence electrons. The first-order chi connectivity index (χ1) is 6.86. The van der Waals surface area contributed by atoms with E-state index in [-0.39, 0.29) is 0 Å². The van der Waals surface area contributed by atoms with Crippen molar-refractivity contribution in [2.24, 2.45) is 5.92 Å². The average Bonchev–Trinajstić information content (AvgIpc) is 2.60. The third kappa shape index (κ3) is 2.71. The van der Waals surface area contributed by atoms with Crippen LogP contribution in [0.5, 0.6) is 0 Å². The highest BCUT2D eigenvalue weighted by molar-refractivity contribution is 4.78. The van der Waals surface area contributed by atoms with Gasteiger partial charge in [0.1, 0.15) is 0 Å². The lowest BCUT2D eigenvalue weighted by molar-refractivity contribution is 0.187. The van der Waals surface area contributed by atoms with Gasteiger partial charge in [-0.15, -0.1) is 0 Å². The molecule has 2 fully saturated rings. The second kappa shape index (κ2) is 5.13. The molecule has 14 heavy (non-hydrogen) atoms. The van der Waals surface area contributed by atoms with Crippen molar-refractivity contribution < 1.29 is 0 Å². The second-order valence-corrected chi connectivity index (χ2v) is 5.03. The van der Waals surface area contributed by atoms with Gasteiger partial charge in [-0.05, 0) is 38.6 Å². The zero-order valence-corrected chi connectivity index (χ0v) is 9.47. The predicted molar refractivity (Wildman–Crippen MR) is 60.5 cm³/mol. The molecule has 0 radical (unpaired) electrons. The molecular formula is C12H24N2. The fraction of sp³-hybridized carbons (Fsp3) is 1.00. The maximum Gasteiger partial charge on any atom is 0.0110 e.